The third-order valence-corrected chi connectivity index (χ3v) is 4.24. The summed E-state index contributed by atoms with van der Waals surface area (Å²) in [5, 5.41) is 2.27. The van der Waals surface area contributed by atoms with Gasteiger partial charge in [-0.15, -0.1) is 0 Å². The van der Waals surface area contributed by atoms with Gasteiger partial charge in [-0.1, -0.05) is 23.7 Å². The summed E-state index contributed by atoms with van der Waals surface area (Å²) in [4.78, 5) is 16.3. The van der Waals surface area contributed by atoms with Crippen molar-refractivity contribution in [1.82, 2.24) is 14.7 Å². The number of carbonyl (C=O) groups is 1. The highest BCUT2D eigenvalue weighted by Gasteiger charge is 2.33. The molecule has 0 aliphatic heterocycles. The molecule has 1 aromatic carbocycles. The van der Waals surface area contributed by atoms with Crippen molar-refractivity contribution in [3.8, 4) is 0 Å². The van der Waals surface area contributed by atoms with Crippen LogP contribution in [0.1, 0.15) is 22.5 Å². The van der Waals surface area contributed by atoms with Gasteiger partial charge in [-0.25, -0.2) is 4.98 Å². The van der Waals surface area contributed by atoms with Crippen LogP contribution < -0.4 is 5.32 Å². The molecular formula is C19H15ClF3N3O. The molecule has 3 rings (SSSR count). The van der Waals surface area contributed by atoms with Gasteiger partial charge in [-0.2, -0.15) is 13.2 Å². The highest BCUT2D eigenvalue weighted by Crippen LogP contribution is 2.35. The van der Waals surface area contributed by atoms with Crippen LogP contribution in [0.3, 0.4) is 0 Å². The molecule has 0 fully saturated rings. The van der Waals surface area contributed by atoms with Crippen molar-refractivity contribution in [2.45, 2.75) is 19.6 Å². The van der Waals surface area contributed by atoms with Gasteiger partial charge in [0.05, 0.1) is 22.8 Å². The molecule has 27 heavy (non-hydrogen) atoms. The smallest absolute Gasteiger partial charge is 0.347 e. The van der Waals surface area contributed by atoms with Crippen LogP contribution in [0.2, 0.25) is 5.02 Å². The lowest BCUT2D eigenvalue weighted by molar-refractivity contribution is -0.137. The van der Waals surface area contributed by atoms with Crippen LogP contribution in [-0.2, 0) is 17.5 Å². The van der Waals surface area contributed by atoms with Gasteiger partial charge in [0.25, 0.3) is 0 Å². The summed E-state index contributed by atoms with van der Waals surface area (Å²) in [6.45, 7) is 2.15. The van der Waals surface area contributed by atoms with Gasteiger partial charge in [-0.05, 0) is 42.8 Å². The molecule has 0 spiro atoms. The molecule has 0 atom stereocenters. The summed E-state index contributed by atoms with van der Waals surface area (Å²) in [5.41, 5.74) is 1.75. The first kappa shape index (κ1) is 19.0. The highest BCUT2D eigenvalue weighted by molar-refractivity contribution is 6.31. The maximum Gasteiger partial charge on any atom is 0.417 e. The Labute approximate surface area is 158 Å². The maximum absolute atomic E-state index is 12.9. The number of aromatic nitrogens is 2. The molecule has 3 aromatic rings. The summed E-state index contributed by atoms with van der Waals surface area (Å²) in [6.07, 6.45) is -0.257. The van der Waals surface area contributed by atoms with E-state index >= 15 is 0 Å². The largest absolute Gasteiger partial charge is 0.417 e. The quantitative estimate of drug-likeness (QED) is 0.656. The second-order valence-corrected chi connectivity index (χ2v) is 6.32. The van der Waals surface area contributed by atoms with Gasteiger partial charge in [0, 0.05) is 18.0 Å². The van der Waals surface area contributed by atoms with Crippen LogP contribution in [0.4, 0.5) is 13.2 Å². The molecular weight excluding hydrogens is 379 g/mol. The molecule has 0 aliphatic carbocycles. The van der Waals surface area contributed by atoms with E-state index in [1.807, 2.05) is 35.7 Å². The molecule has 8 heteroatoms. The predicted octanol–water partition coefficient (Wildman–Crippen LogP) is 4.64. The van der Waals surface area contributed by atoms with Crippen LogP contribution >= 0.6 is 11.6 Å². The number of hydrogen-bond acceptors (Lipinski definition) is 2. The number of rotatable bonds is 4. The number of hydrogen-bond donors (Lipinski definition) is 1. The Balaban J connectivity index is 1.66. The minimum absolute atomic E-state index is 0.207. The molecule has 0 radical (unpaired) electrons. The monoisotopic (exact) mass is 393 g/mol. The number of benzene rings is 1. The summed E-state index contributed by atoms with van der Waals surface area (Å²) in [6, 6.07) is 9.16. The van der Waals surface area contributed by atoms with Crippen LogP contribution in [0.15, 0.2) is 48.7 Å². The van der Waals surface area contributed by atoms with E-state index in [1.165, 1.54) is 18.2 Å². The highest BCUT2D eigenvalue weighted by atomic mass is 35.5. The predicted molar refractivity (Wildman–Crippen MR) is 97.3 cm³/mol. The van der Waals surface area contributed by atoms with Crippen LogP contribution in [0.5, 0.6) is 0 Å². The number of nitrogens with zero attached hydrogens (tertiary/aromatic N) is 2. The van der Waals surface area contributed by atoms with Crippen molar-refractivity contribution in [2.24, 2.45) is 0 Å². The molecule has 0 aliphatic rings. The third kappa shape index (κ3) is 4.49. The van der Waals surface area contributed by atoms with Crippen molar-refractivity contribution in [2.75, 3.05) is 0 Å². The average molecular weight is 394 g/mol. The maximum atomic E-state index is 12.9. The van der Waals surface area contributed by atoms with Crippen LogP contribution in [0, 0.1) is 6.92 Å². The number of amides is 1. The van der Waals surface area contributed by atoms with E-state index in [4.69, 9.17) is 11.6 Å². The minimum Gasteiger partial charge on any atom is -0.347 e. The fourth-order valence-electron chi connectivity index (χ4n) is 2.56. The second-order valence-electron chi connectivity index (χ2n) is 5.92. The minimum atomic E-state index is -4.55. The van der Waals surface area contributed by atoms with E-state index in [9.17, 15) is 18.0 Å². The van der Waals surface area contributed by atoms with Gasteiger partial charge in [-0.3, -0.25) is 4.79 Å². The molecule has 1 amide bonds. The van der Waals surface area contributed by atoms with Gasteiger partial charge < -0.3 is 9.72 Å². The van der Waals surface area contributed by atoms with Gasteiger partial charge in [0.2, 0.25) is 5.91 Å². The number of halogens is 4. The molecule has 0 saturated carbocycles. The van der Waals surface area contributed by atoms with E-state index in [2.05, 4.69) is 10.3 Å². The third-order valence-electron chi connectivity index (χ3n) is 3.91. The number of pyridine rings is 1. The Morgan fingerprint density at radius 3 is 2.78 bits per heavy atom. The number of imidazole rings is 1. The summed E-state index contributed by atoms with van der Waals surface area (Å²) in [5.74, 6) is -0.438. The van der Waals surface area contributed by atoms with Gasteiger partial charge in [0.1, 0.15) is 5.65 Å². The Kier molecular flexibility index (Phi) is 5.23. The number of fused-ring (bicyclic) bond motifs is 1. The SMILES string of the molecule is Cc1cccc2nc(CNC(=O)/C=C/c3ccc(Cl)c(C(F)(F)F)c3)cn12. The summed E-state index contributed by atoms with van der Waals surface area (Å²) in [7, 11) is 0. The zero-order chi connectivity index (χ0) is 19.6. The van der Waals surface area contributed by atoms with E-state index in [-0.39, 0.29) is 17.1 Å². The van der Waals surface area contributed by atoms with Crippen molar-refractivity contribution in [1.29, 1.82) is 0 Å². The first-order valence-electron chi connectivity index (χ1n) is 8.00. The lowest BCUT2D eigenvalue weighted by atomic mass is 10.1. The Morgan fingerprint density at radius 1 is 1.30 bits per heavy atom. The zero-order valence-corrected chi connectivity index (χ0v) is 15.0. The van der Waals surface area contributed by atoms with Crippen molar-refractivity contribution < 1.29 is 18.0 Å². The number of nitrogens with one attached hydrogen (secondary N) is 1. The first-order chi connectivity index (χ1) is 12.7. The first-order valence-corrected chi connectivity index (χ1v) is 8.38. The molecule has 140 valence electrons. The van der Waals surface area contributed by atoms with E-state index in [0.29, 0.717) is 5.69 Å². The molecule has 4 nitrogen and oxygen atoms in total. The average Bonchev–Trinajstić information content (AvgIpc) is 3.03. The molecule has 2 heterocycles. The fraction of sp³-hybridized carbons (Fsp3) is 0.158. The number of aryl methyl sites for hydroxylation is 1. The molecule has 1 N–H and O–H groups in total. The second kappa shape index (κ2) is 7.44. The number of alkyl halides is 3. The van der Waals surface area contributed by atoms with Gasteiger partial charge in [0.15, 0.2) is 0 Å². The van der Waals surface area contributed by atoms with Crippen molar-refractivity contribution >= 4 is 29.2 Å². The molecule has 0 bridgehead atoms. The lowest BCUT2D eigenvalue weighted by Gasteiger charge is -2.09. The zero-order valence-electron chi connectivity index (χ0n) is 14.2. The topological polar surface area (TPSA) is 46.4 Å². The Bertz CT molecular complexity index is 1020. The molecule has 0 saturated heterocycles. The fourth-order valence-corrected chi connectivity index (χ4v) is 2.78. The standard InChI is InChI=1S/C19H15ClF3N3O/c1-12-3-2-4-17-25-14(11-26(12)17)10-24-18(27)8-6-13-5-7-16(20)15(9-13)19(21,22)23/h2-9,11H,10H2,1H3,(H,24,27)/b8-6+. The van der Waals surface area contributed by atoms with Crippen molar-refractivity contribution in [3.63, 3.8) is 0 Å². The van der Waals surface area contributed by atoms with Crippen LogP contribution in [-0.4, -0.2) is 15.3 Å². The van der Waals surface area contributed by atoms with E-state index in [0.717, 1.165) is 23.5 Å². The molecule has 2 aromatic heterocycles. The Hall–Kier alpha value is -2.80. The normalized spacial score (nSPS) is 12.0. The number of carbonyl (C=O) groups excluding carboxylic acids is 1. The summed E-state index contributed by atoms with van der Waals surface area (Å²) < 4.78 is 40.5. The van der Waals surface area contributed by atoms with E-state index < -0.39 is 17.6 Å². The summed E-state index contributed by atoms with van der Waals surface area (Å²) >= 11 is 5.57. The van der Waals surface area contributed by atoms with E-state index in [1.54, 1.807) is 0 Å². The van der Waals surface area contributed by atoms with Crippen LogP contribution in [0.25, 0.3) is 11.7 Å². The Morgan fingerprint density at radius 2 is 2.07 bits per heavy atom. The molecule has 0 unspecified atom stereocenters. The lowest BCUT2D eigenvalue weighted by Crippen LogP contribution is -2.20. The van der Waals surface area contributed by atoms with Gasteiger partial charge >= 0.3 is 6.18 Å². The van der Waals surface area contributed by atoms with Crippen molar-refractivity contribution in [3.05, 3.63) is 76.2 Å².